The molecule has 3 atom stereocenters. The molecule has 0 aromatic heterocycles. The maximum Gasteiger partial charge on any atom is 0.125 e. The monoisotopic (exact) mass is 330 g/mol. The van der Waals surface area contributed by atoms with Crippen LogP contribution < -0.4 is 4.74 Å². The summed E-state index contributed by atoms with van der Waals surface area (Å²) in [6, 6.07) is 6.48. The molecule has 2 saturated carbocycles. The number of benzene rings is 1. The molecule has 0 heterocycles. The lowest BCUT2D eigenvalue weighted by atomic mass is 9.57. The summed E-state index contributed by atoms with van der Waals surface area (Å²) >= 11 is 0. The maximum absolute atomic E-state index is 12.1. The average Bonchev–Trinajstić information content (AvgIpc) is 3.03. The van der Waals surface area contributed by atoms with E-state index in [2.05, 4.69) is 45.9 Å². The lowest BCUT2D eigenvalue weighted by molar-refractivity contribution is -0.151. The van der Waals surface area contributed by atoms with Crippen molar-refractivity contribution in [3.63, 3.8) is 0 Å². The van der Waals surface area contributed by atoms with Crippen LogP contribution >= 0.6 is 0 Å². The van der Waals surface area contributed by atoms with Crippen LogP contribution in [0.25, 0.3) is 0 Å². The van der Waals surface area contributed by atoms with E-state index in [1.54, 1.807) is 7.11 Å². The minimum atomic E-state index is -0.810. The molecule has 24 heavy (non-hydrogen) atoms. The quantitative estimate of drug-likeness (QED) is 0.702. The van der Waals surface area contributed by atoms with Crippen molar-refractivity contribution in [3.8, 4) is 5.75 Å². The van der Waals surface area contributed by atoms with Gasteiger partial charge in [0.25, 0.3) is 0 Å². The van der Waals surface area contributed by atoms with Crippen molar-refractivity contribution in [1.29, 1.82) is 0 Å². The topological polar surface area (TPSA) is 29.5 Å². The van der Waals surface area contributed by atoms with E-state index >= 15 is 0 Å². The second-order valence-corrected chi connectivity index (χ2v) is 8.92. The zero-order valence-electron chi connectivity index (χ0n) is 16.1. The number of hydrogen-bond acceptors (Lipinski definition) is 2. The van der Waals surface area contributed by atoms with Gasteiger partial charge in [-0.05, 0) is 55.7 Å². The Labute approximate surface area is 147 Å². The van der Waals surface area contributed by atoms with Crippen molar-refractivity contribution in [2.45, 2.75) is 78.2 Å². The Morgan fingerprint density at radius 2 is 1.96 bits per heavy atom. The van der Waals surface area contributed by atoms with E-state index in [9.17, 15) is 5.11 Å². The largest absolute Gasteiger partial charge is 0.496 e. The third-order valence-corrected chi connectivity index (χ3v) is 7.29. The number of aliphatic hydroxyl groups is 1. The van der Waals surface area contributed by atoms with E-state index in [4.69, 9.17) is 4.74 Å². The second kappa shape index (κ2) is 6.05. The Morgan fingerprint density at radius 1 is 1.21 bits per heavy atom. The number of aryl methyl sites for hydroxylation is 1. The first-order valence-corrected chi connectivity index (χ1v) is 9.70. The summed E-state index contributed by atoms with van der Waals surface area (Å²) < 4.78 is 5.69. The molecule has 2 nitrogen and oxygen atoms in total. The Morgan fingerprint density at radius 3 is 2.54 bits per heavy atom. The first kappa shape index (κ1) is 17.8. The van der Waals surface area contributed by atoms with Gasteiger partial charge in [0.1, 0.15) is 11.4 Å². The predicted molar refractivity (Wildman–Crippen MR) is 99.3 cm³/mol. The van der Waals surface area contributed by atoms with Gasteiger partial charge >= 0.3 is 0 Å². The zero-order chi connectivity index (χ0) is 17.6. The average molecular weight is 331 g/mol. The standard InChI is InChI=1S/C22H34O2/c1-6-7-8-9-16-10-11-19(24-5)18(14-16)22(23)20(2,3)17-12-13-21(22,4)15-17/h10-11,14,17,23H,6-9,12-13,15H2,1-5H3/t17?,21?,22-/m0/s1. The summed E-state index contributed by atoms with van der Waals surface area (Å²) in [5.74, 6) is 1.44. The van der Waals surface area contributed by atoms with Crippen molar-refractivity contribution >= 4 is 0 Å². The van der Waals surface area contributed by atoms with Crippen LogP contribution in [0.1, 0.15) is 77.3 Å². The van der Waals surface area contributed by atoms with Crippen LogP contribution in [0.3, 0.4) is 0 Å². The van der Waals surface area contributed by atoms with Crippen molar-refractivity contribution in [2.75, 3.05) is 7.11 Å². The molecular weight excluding hydrogens is 296 g/mol. The van der Waals surface area contributed by atoms with Gasteiger partial charge in [-0.25, -0.2) is 0 Å². The van der Waals surface area contributed by atoms with Gasteiger partial charge in [0.2, 0.25) is 0 Å². The van der Waals surface area contributed by atoms with Crippen LogP contribution in [-0.2, 0) is 12.0 Å². The fraction of sp³-hybridized carbons (Fsp3) is 0.727. The Hall–Kier alpha value is -1.02. The van der Waals surface area contributed by atoms with E-state index in [0.29, 0.717) is 5.92 Å². The first-order valence-electron chi connectivity index (χ1n) is 9.70. The molecule has 2 fully saturated rings. The van der Waals surface area contributed by atoms with Gasteiger partial charge in [0, 0.05) is 16.4 Å². The maximum atomic E-state index is 12.1. The summed E-state index contributed by atoms with van der Waals surface area (Å²) in [7, 11) is 1.72. The zero-order valence-corrected chi connectivity index (χ0v) is 16.1. The highest BCUT2D eigenvalue weighted by molar-refractivity contribution is 5.46. The molecular formula is C22H34O2. The van der Waals surface area contributed by atoms with Crippen LogP contribution in [0.4, 0.5) is 0 Å². The summed E-state index contributed by atoms with van der Waals surface area (Å²) in [6.07, 6.45) is 8.27. The van der Waals surface area contributed by atoms with Crippen LogP contribution in [0.15, 0.2) is 18.2 Å². The van der Waals surface area contributed by atoms with Gasteiger partial charge in [-0.2, -0.15) is 0 Å². The van der Waals surface area contributed by atoms with Crippen LogP contribution in [0, 0.1) is 16.7 Å². The molecule has 0 saturated heterocycles. The number of unbranched alkanes of at least 4 members (excludes halogenated alkanes) is 2. The number of fused-ring (bicyclic) bond motifs is 2. The van der Waals surface area contributed by atoms with E-state index in [0.717, 1.165) is 30.6 Å². The molecule has 2 bridgehead atoms. The summed E-state index contributed by atoms with van der Waals surface area (Å²) in [5, 5.41) is 12.1. The highest BCUT2D eigenvalue weighted by Crippen LogP contribution is 2.72. The molecule has 2 aliphatic rings. The Bertz CT molecular complexity index is 599. The predicted octanol–water partition coefficient (Wildman–Crippen LogP) is 5.46. The SMILES string of the molecule is CCCCCc1ccc(OC)c([C@@]2(O)C3(C)CCC(C3)C2(C)C)c1. The molecule has 2 aliphatic carbocycles. The number of hydrogen-bond donors (Lipinski definition) is 1. The molecule has 1 aromatic carbocycles. The van der Waals surface area contributed by atoms with Gasteiger partial charge in [-0.1, -0.05) is 46.6 Å². The highest BCUT2D eigenvalue weighted by atomic mass is 16.5. The lowest BCUT2D eigenvalue weighted by Crippen LogP contribution is -2.51. The van der Waals surface area contributed by atoms with Gasteiger partial charge in [0.05, 0.1) is 7.11 Å². The third kappa shape index (κ3) is 2.33. The van der Waals surface area contributed by atoms with Crippen molar-refractivity contribution in [1.82, 2.24) is 0 Å². The summed E-state index contributed by atoms with van der Waals surface area (Å²) in [4.78, 5) is 0. The van der Waals surface area contributed by atoms with E-state index < -0.39 is 5.60 Å². The van der Waals surface area contributed by atoms with Crippen molar-refractivity contribution in [3.05, 3.63) is 29.3 Å². The van der Waals surface area contributed by atoms with E-state index in [1.165, 1.54) is 31.2 Å². The molecule has 0 amide bonds. The normalized spacial score (nSPS) is 33.8. The molecule has 2 heteroatoms. The van der Waals surface area contributed by atoms with E-state index in [1.807, 2.05) is 0 Å². The molecule has 1 N–H and O–H groups in total. The molecule has 0 spiro atoms. The van der Waals surface area contributed by atoms with E-state index in [-0.39, 0.29) is 10.8 Å². The minimum absolute atomic E-state index is 0.0452. The van der Waals surface area contributed by atoms with Gasteiger partial charge in [-0.3, -0.25) is 0 Å². The third-order valence-electron chi connectivity index (χ3n) is 7.29. The van der Waals surface area contributed by atoms with Crippen LogP contribution in [0.5, 0.6) is 5.75 Å². The minimum Gasteiger partial charge on any atom is -0.496 e. The van der Waals surface area contributed by atoms with Gasteiger partial charge in [-0.15, -0.1) is 0 Å². The molecule has 2 unspecified atom stereocenters. The van der Waals surface area contributed by atoms with Crippen LogP contribution in [-0.4, -0.2) is 12.2 Å². The fourth-order valence-corrected chi connectivity index (χ4v) is 5.70. The summed E-state index contributed by atoms with van der Waals surface area (Å²) in [6.45, 7) is 9.03. The molecule has 1 aromatic rings. The first-order chi connectivity index (χ1) is 11.3. The Balaban J connectivity index is 2.05. The smallest absolute Gasteiger partial charge is 0.125 e. The Kier molecular flexibility index (Phi) is 4.49. The molecule has 0 aliphatic heterocycles. The summed E-state index contributed by atoms with van der Waals surface area (Å²) in [5.41, 5.74) is 1.38. The number of methoxy groups -OCH3 is 1. The molecule has 0 radical (unpaired) electrons. The highest BCUT2D eigenvalue weighted by Gasteiger charge is 2.69. The van der Waals surface area contributed by atoms with Crippen molar-refractivity contribution < 1.29 is 9.84 Å². The number of ether oxygens (including phenoxy) is 1. The molecule has 134 valence electrons. The lowest BCUT2D eigenvalue weighted by Gasteiger charge is -2.51. The number of rotatable bonds is 6. The van der Waals surface area contributed by atoms with Gasteiger partial charge in [0.15, 0.2) is 0 Å². The second-order valence-electron chi connectivity index (χ2n) is 8.92. The fourth-order valence-electron chi connectivity index (χ4n) is 5.70. The molecule has 3 rings (SSSR count). The van der Waals surface area contributed by atoms with Crippen LogP contribution in [0.2, 0.25) is 0 Å². The van der Waals surface area contributed by atoms with Crippen molar-refractivity contribution in [2.24, 2.45) is 16.7 Å². The van der Waals surface area contributed by atoms with Gasteiger partial charge < -0.3 is 9.84 Å².